The van der Waals surface area contributed by atoms with Crippen LogP contribution in [0.4, 0.5) is 15.8 Å². The van der Waals surface area contributed by atoms with E-state index in [9.17, 15) is 9.18 Å². The van der Waals surface area contributed by atoms with Crippen LogP contribution >= 0.6 is 11.6 Å². The van der Waals surface area contributed by atoms with Gasteiger partial charge in [0.05, 0.1) is 5.69 Å². The van der Waals surface area contributed by atoms with E-state index in [1.807, 2.05) is 12.1 Å². The number of anilines is 2. The SMILES string of the molecule is O=C(CCNc1ccc(Cl)cc1)Nc1ccccc1F. The molecule has 2 aromatic carbocycles. The molecular weight excluding hydrogens is 279 g/mol. The summed E-state index contributed by atoms with van der Waals surface area (Å²) in [6, 6.07) is 13.3. The minimum absolute atomic E-state index is 0.198. The molecule has 0 fully saturated rings. The van der Waals surface area contributed by atoms with Crippen molar-refractivity contribution in [2.45, 2.75) is 6.42 Å². The molecule has 0 atom stereocenters. The van der Waals surface area contributed by atoms with Gasteiger partial charge in [0, 0.05) is 23.7 Å². The summed E-state index contributed by atoms with van der Waals surface area (Å²) in [4.78, 5) is 11.7. The maximum absolute atomic E-state index is 13.3. The molecule has 104 valence electrons. The Balaban J connectivity index is 1.78. The first kappa shape index (κ1) is 14.3. The third-order valence-corrected chi connectivity index (χ3v) is 2.93. The Kier molecular flexibility index (Phi) is 4.96. The van der Waals surface area contributed by atoms with E-state index >= 15 is 0 Å². The smallest absolute Gasteiger partial charge is 0.226 e. The molecule has 0 aliphatic heterocycles. The second-order valence-electron chi connectivity index (χ2n) is 4.21. The van der Waals surface area contributed by atoms with Crippen molar-refractivity contribution in [1.29, 1.82) is 0 Å². The highest BCUT2D eigenvalue weighted by molar-refractivity contribution is 6.30. The Morgan fingerprint density at radius 3 is 2.50 bits per heavy atom. The standard InChI is InChI=1S/C15H14ClFN2O/c16-11-5-7-12(8-6-11)18-10-9-15(20)19-14-4-2-1-3-13(14)17/h1-8,18H,9-10H2,(H,19,20). The monoisotopic (exact) mass is 292 g/mol. The lowest BCUT2D eigenvalue weighted by molar-refractivity contribution is -0.116. The fourth-order valence-corrected chi connectivity index (χ4v) is 1.79. The van der Waals surface area contributed by atoms with Gasteiger partial charge in [-0.25, -0.2) is 4.39 Å². The number of hydrogen-bond donors (Lipinski definition) is 2. The summed E-state index contributed by atoms with van der Waals surface area (Å²) >= 11 is 5.77. The van der Waals surface area contributed by atoms with Crippen LogP contribution < -0.4 is 10.6 Å². The van der Waals surface area contributed by atoms with Crippen molar-refractivity contribution in [1.82, 2.24) is 0 Å². The van der Waals surface area contributed by atoms with Gasteiger partial charge >= 0.3 is 0 Å². The Hall–Kier alpha value is -2.07. The second-order valence-corrected chi connectivity index (χ2v) is 4.65. The van der Waals surface area contributed by atoms with E-state index in [2.05, 4.69) is 10.6 Å². The van der Waals surface area contributed by atoms with Crippen molar-refractivity contribution < 1.29 is 9.18 Å². The normalized spacial score (nSPS) is 10.1. The lowest BCUT2D eigenvalue weighted by Gasteiger charge is -2.08. The Morgan fingerprint density at radius 2 is 1.80 bits per heavy atom. The number of carbonyl (C=O) groups is 1. The molecule has 0 bridgehead atoms. The first-order valence-corrected chi connectivity index (χ1v) is 6.57. The summed E-state index contributed by atoms with van der Waals surface area (Å²) in [5.74, 6) is -0.678. The fourth-order valence-electron chi connectivity index (χ4n) is 1.66. The number of amides is 1. The number of hydrogen-bond acceptors (Lipinski definition) is 2. The number of halogens is 2. The van der Waals surface area contributed by atoms with Gasteiger partial charge in [0.1, 0.15) is 5.82 Å². The molecule has 0 saturated carbocycles. The van der Waals surface area contributed by atoms with Crippen molar-refractivity contribution >= 4 is 28.9 Å². The van der Waals surface area contributed by atoms with Crippen LogP contribution in [0.2, 0.25) is 5.02 Å². The van der Waals surface area contributed by atoms with Crippen molar-refractivity contribution in [3.8, 4) is 0 Å². The number of rotatable bonds is 5. The first-order valence-electron chi connectivity index (χ1n) is 6.19. The molecule has 0 aliphatic rings. The third-order valence-electron chi connectivity index (χ3n) is 2.67. The molecule has 20 heavy (non-hydrogen) atoms. The summed E-state index contributed by atoms with van der Waals surface area (Å²) in [6.45, 7) is 0.460. The van der Waals surface area contributed by atoms with Gasteiger partial charge in [-0.15, -0.1) is 0 Å². The molecule has 1 amide bonds. The van der Waals surface area contributed by atoms with E-state index in [1.165, 1.54) is 12.1 Å². The summed E-state index contributed by atoms with van der Waals surface area (Å²) in [5, 5.41) is 6.28. The molecule has 0 radical (unpaired) electrons. The summed E-state index contributed by atoms with van der Waals surface area (Å²) in [5.41, 5.74) is 1.08. The van der Waals surface area contributed by atoms with Crippen LogP contribution in [0.15, 0.2) is 48.5 Å². The molecule has 0 unspecified atom stereocenters. The predicted molar refractivity (Wildman–Crippen MR) is 79.6 cm³/mol. The summed E-state index contributed by atoms with van der Waals surface area (Å²) in [6.07, 6.45) is 0.247. The zero-order valence-electron chi connectivity index (χ0n) is 10.7. The van der Waals surface area contributed by atoms with Crippen LogP contribution in [-0.2, 0) is 4.79 Å². The highest BCUT2D eigenvalue weighted by atomic mass is 35.5. The molecule has 3 nitrogen and oxygen atoms in total. The van der Waals surface area contributed by atoms with Crippen LogP contribution in [0.25, 0.3) is 0 Å². The molecule has 0 heterocycles. The molecule has 2 rings (SSSR count). The lowest BCUT2D eigenvalue weighted by atomic mass is 10.3. The molecule has 0 aliphatic carbocycles. The molecule has 0 aromatic heterocycles. The fraction of sp³-hybridized carbons (Fsp3) is 0.133. The zero-order chi connectivity index (χ0) is 14.4. The maximum atomic E-state index is 13.3. The number of nitrogens with one attached hydrogen (secondary N) is 2. The van der Waals surface area contributed by atoms with E-state index in [1.54, 1.807) is 24.3 Å². The molecule has 2 N–H and O–H groups in total. The number of carbonyl (C=O) groups excluding carboxylic acids is 1. The largest absolute Gasteiger partial charge is 0.385 e. The van der Waals surface area contributed by atoms with E-state index < -0.39 is 5.82 Å². The highest BCUT2D eigenvalue weighted by Gasteiger charge is 2.05. The molecule has 0 spiro atoms. The van der Waals surface area contributed by atoms with Crippen LogP contribution in [0.1, 0.15) is 6.42 Å². The van der Waals surface area contributed by atoms with E-state index in [0.717, 1.165) is 5.69 Å². The predicted octanol–water partition coefficient (Wildman–Crippen LogP) is 3.92. The van der Waals surface area contributed by atoms with Crippen LogP contribution in [0.3, 0.4) is 0 Å². The molecule has 0 saturated heterocycles. The average molecular weight is 293 g/mol. The van der Waals surface area contributed by atoms with Crippen molar-refractivity contribution in [2.24, 2.45) is 0 Å². The van der Waals surface area contributed by atoms with Crippen LogP contribution in [-0.4, -0.2) is 12.5 Å². The summed E-state index contributed by atoms with van der Waals surface area (Å²) < 4.78 is 13.3. The van der Waals surface area contributed by atoms with Gasteiger partial charge in [0.2, 0.25) is 5.91 Å². The van der Waals surface area contributed by atoms with Gasteiger partial charge in [-0.2, -0.15) is 0 Å². The van der Waals surface area contributed by atoms with E-state index in [-0.39, 0.29) is 18.0 Å². The van der Waals surface area contributed by atoms with Gasteiger partial charge in [0.25, 0.3) is 0 Å². The first-order chi connectivity index (χ1) is 9.65. The summed E-state index contributed by atoms with van der Waals surface area (Å²) in [7, 11) is 0. The van der Waals surface area contributed by atoms with Crippen LogP contribution in [0, 0.1) is 5.82 Å². The van der Waals surface area contributed by atoms with E-state index in [4.69, 9.17) is 11.6 Å². The topological polar surface area (TPSA) is 41.1 Å². The third kappa shape index (κ3) is 4.24. The number of benzene rings is 2. The Labute approximate surface area is 121 Å². The number of para-hydroxylation sites is 1. The van der Waals surface area contributed by atoms with Crippen LogP contribution in [0.5, 0.6) is 0 Å². The minimum atomic E-state index is -0.438. The van der Waals surface area contributed by atoms with E-state index in [0.29, 0.717) is 11.6 Å². The quantitative estimate of drug-likeness (QED) is 0.877. The van der Waals surface area contributed by atoms with Crippen molar-refractivity contribution in [2.75, 3.05) is 17.2 Å². The Bertz CT molecular complexity index is 587. The van der Waals surface area contributed by atoms with Crippen molar-refractivity contribution in [3.63, 3.8) is 0 Å². The van der Waals surface area contributed by atoms with Gasteiger partial charge in [-0.1, -0.05) is 23.7 Å². The highest BCUT2D eigenvalue weighted by Crippen LogP contribution is 2.14. The second kappa shape index (κ2) is 6.91. The van der Waals surface area contributed by atoms with Gasteiger partial charge in [-0.3, -0.25) is 4.79 Å². The Morgan fingerprint density at radius 1 is 1.10 bits per heavy atom. The van der Waals surface area contributed by atoms with Gasteiger partial charge < -0.3 is 10.6 Å². The lowest BCUT2D eigenvalue weighted by Crippen LogP contribution is -2.16. The van der Waals surface area contributed by atoms with Gasteiger partial charge in [-0.05, 0) is 36.4 Å². The molecule has 2 aromatic rings. The van der Waals surface area contributed by atoms with Gasteiger partial charge in [0.15, 0.2) is 0 Å². The van der Waals surface area contributed by atoms with Crippen molar-refractivity contribution in [3.05, 3.63) is 59.4 Å². The maximum Gasteiger partial charge on any atom is 0.226 e. The zero-order valence-corrected chi connectivity index (χ0v) is 11.5. The molecular formula is C15H14ClFN2O. The average Bonchev–Trinajstić information content (AvgIpc) is 2.44. The molecule has 5 heteroatoms. The minimum Gasteiger partial charge on any atom is -0.385 e.